The quantitative estimate of drug-likeness (QED) is 0.591. The lowest BCUT2D eigenvalue weighted by Gasteiger charge is -2.14. The lowest BCUT2D eigenvalue weighted by molar-refractivity contribution is 0.584. The Morgan fingerprint density at radius 2 is 2.21 bits per heavy atom. The third kappa shape index (κ3) is 3.06. The molecular weight excluding hydrogens is 194 g/mol. The average Bonchev–Trinajstić information content (AvgIpc) is 2.18. The molecule has 0 amide bonds. The monoisotopic (exact) mass is 207 g/mol. The Kier molecular flexibility index (Phi) is 4.52. The number of nitrogens with one attached hydrogen (secondary N) is 1. The van der Waals surface area contributed by atoms with Crippen molar-refractivity contribution in [2.24, 2.45) is 0 Å². The summed E-state index contributed by atoms with van der Waals surface area (Å²) in [4.78, 5) is 0. The van der Waals surface area contributed by atoms with Crippen LogP contribution in [0.1, 0.15) is 24.9 Å². The molecule has 74 valence electrons. The van der Waals surface area contributed by atoms with Gasteiger partial charge in [0.2, 0.25) is 0 Å². The Balaban J connectivity index is 2.57. The predicted molar refractivity (Wildman–Crippen MR) is 61.3 cm³/mol. The molecule has 0 fully saturated rings. The van der Waals surface area contributed by atoms with Crippen LogP contribution in [0, 0.1) is 12.3 Å². The SMILES string of the molecule is C#CCCNC(C)c1ccccc1Cl. The molecule has 1 nitrogen and oxygen atoms in total. The third-order valence-electron chi connectivity index (χ3n) is 2.09. The van der Waals surface area contributed by atoms with Gasteiger partial charge in [0.15, 0.2) is 0 Å². The van der Waals surface area contributed by atoms with E-state index in [1.807, 2.05) is 24.3 Å². The Morgan fingerprint density at radius 3 is 2.86 bits per heavy atom. The molecule has 0 aliphatic heterocycles. The van der Waals surface area contributed by atoms with Crippen LogP contribution in [0.3, 0.4) is 0 Å². The second-order valence-corrected chi connectivity index (χ2v) is 3.56. The summed E-state index contributed by atoms with van der Waals surface area (Å²) in [6, 6.07) is 8.09. The van der Waals surface area contributed by atoms with Gasteiger partial charge in [0.25, 0.3) is 0 Å². The zero-order chi connectivity index (χ0) is 10.4. The number of terminal acetylenes is 1. The standard InChI is InChI=1S/C12H14ClN/c1-3-4-9-14-10(2)11-7-5-6-8-12(11)13/h1,5-8,10,14H,4,9H2,2H3. The molecule has 1 unspecified atom stereocenters. The molecule has 1 N–H and O–H groups in total. The summed E-state index contributed by atoms with van der Waals surface area (Å²) >= 11 is 6.05. The maximum Gasteiger partial charge on any atom is 0.0453 e. The fourth-order valence-electron chi connectivity index (χ4n) is 1.30. The summed E-state index contributed by atoms with van der Waals surface area (Å²) in [5.74, 6) is 2.59. The molecule has 1 atom stereocenters. The van der Waals surface area contributed by atoms with Gasteiger partial charge in [-0.15, -0.1) is 12.3 Å². The smallest absolute Gasteiger partial charge is 0.0453 e. The Hall–Kier alpha value is -0.970. The fourth-order valence-corrected chi connectivity index (χ4v) is 1.60. The van der Waals surface area contributed by atoms with E-state index in [1.165, 1.54) is 0 Å². The summed E-state index contributed by atoms with van der Waals surface area (Å²) in [5.41, 5.74) is 1.12. The van der Waals surface area contributed by atoms with Crippen molar-refractivity contribution in [3.63, 3.8) is 0 Å². The molecule has 14 heavy (non-hydrogen) atoms. The van der Waals surface area contributed by atoms with E-state index < -0.39 is 0 Å². The fraction of sp³-hybridized carbons (Fsp3) is 0.333. The van der Waals surface area contributed by atoms with Crippen LogP contribution in [0.2, 0.25) is 5.02 Å². The van der Waals surface area contributed by atoms with Gasteiger partial charge in [0.1, 0.15) is 0 Å². The van der Waals surface area contributed by atoms with Crippen molar-refractivity contribution < 1.29 is 0 Å². The number of benzene rings is 1. The first-order chi connectivity index (χ1) is 6.75. The zero-order valence-corrected chi connectivity index (χ0v) is 9.01. The van der Waals surface area contributed by atoms with Crippen molar-refractivity contribution in [1.29, 1.82) is 0 Å². The highest BCUT2D eigenvalue weighted by molar-refractivity contribution is 6.31. The van der Waals surface area contributed by atoms with E-state index >= 15 is 0 Å². The van der Waals surface area contributed by atoms with Gasteiger partial charge in [-0.05, 0) is 18.6 Å². The first-order valence-electron chi connectivity index (χ1n) is 4.67. The normalized spacial score (nSPS) is 12.1. The Labute approximate surface area is 90.5 Å². The number of halogens is 1. The maximum atomic E-state index is 6.05. The highest BCUT2D eigenvalue weighted by Gasteiger charge is 2.06. The van der Waals surface area contributed by atoms with Crippen LogP contribution in [0.4, 0.5) is 0 Å². The molecule has 0 radical (unpaired) electrons. The van der Waals surface area contributed by atoms with E-state index in [4.69, 9.17) is 18.0 Å². The highest BCUT2D eigenvalue weighted by atomic mass is 35.5. The molecule has 0 bridgehead atoms. The minimum Gasteiger partial charge on any atom is -0.309 e. The summed E-state index contributed by atoms with van der Waals surface area (Å²) < 4.78 is 0. The highest BCUT2D eigenvalue weighted by Crippen LogP contribution is 2.21. The maximum absolute atomic E-state index is 6.05. The Bertz CT molecular complexity index is 327. The molecule has 0 aromatic heterocycles. The van der Waals surface area contributed by atoms with Crippen molar-refractivity contribution in [2.75, 3.05) is 6.54 Å². The molecule has 0 saturated heterocycles. The van der Waals surface area contributed by atoms with Gasteiger partial charge in [-0.25, -0.2) is 0 Å². The largest absolute Gasteiger partial charge is 0.309 e. The molecular formula is C12H14ClN. The van der Waals surface area contributed by atoms with Gasteiger partial charge in [-0.1, -0.05) is 29.8 Å². The summed E-state index contributed by atoms with van der Waals surface area (Å²) in [5, 5.41) is 4.11. The lowest BCUT2D eigenvalue weighted by Crippen LogP contribution is -2.19. The van der Waals surface area contributed by atoms with Crippen molar-refractivity contribution in [2.45, 2.75) is 19.4 Å². The van der Waals surface area contributed by atoms with Crippen LogP contribution in [0.15, 0.2) is 24.3 Å². The van der Waals surface area contributed by atoms with Crippen LogP contribution < -0.4 is 5.32 Å². The van der Waals surface area contributed by atoms with E-state index in [0.29, 0.717) is 0 Å². The second kappa shape index (κ2) is 5.70. The van der Waals surface area contributed by atoms with Crippen LogP contribution in [-0.2, 0) is 0 Å². The minimum absolute atomic E-state index is 0.247. The van der Waals surface area contributed by atoms with Crippen LogP contribution in [-0.4, -0.2) is 6.54 Å². The van der Waals surface area contributed by atoms with Crippen molar-refractivity contribution >= 4 is 11.6 Å². The number of hydrogen-bond donors (Lipinski definition) is 1. The Morgan fingerprint density at radius 1 is 1.50 bits per heavy atom. The third-order valence-corrected chi connectivity index (χ3v) is 2.44. The summed E-state index contributed by atoms with van der Waals surface area (Å²) in [6.07, 6.45) is 5.91. The minimum atomic E-state index is 0.247. The molecule has 0 aliphatic carbocycles. The van der Waals surface area contributed by atoms with Gasteiger partial charge >= 0.3 is 0 Å². The van der Waals surface area contributed by atoms with Crippen molar-refractivity contribution in [3.8, 4) is 12.3 Å². The van der Waals surface area contributed by atoms with Gasteiger partial charge < -0.3 is 5.32 Å². The van der Waals surface area contributed by atoms with Crippen LogP contribution in [0.5, 0.6) is 0 Å². The molecule has 1 aromatic carbocycles. The van der Waals surface area contributed by atoms with E-state index in [1.54, 1.807) is 0 Å². The van der Waals surface area contributed by atoms with Crippen molar-refractivity contribution in [1.82, 2.24) is 5.32 Å². The molecule has 1 rings (SSSR count). The predicted octanol–water partition coefficient (Wildman–Crippen LogP) is 3.01. The molecule has 0 saturated carbocycles. The van der Waals surface area contributed by atoms with E-state index in [2.05, 4.69) is 18.2 Å². The van der Waals surface area contributed by atoms with Gasteiger partial charge in [0, 0.05) is 24.0 Å². The second-order valence-electron chi connectivity index (χ2n) is 3.15. The first kappa shape index (κ1) is 11.1. The molecule has 0 heterocycles. The summed E-state index contributed by atoms with van der Waals surface area (Å²) in [7, 11) is 0. The van der Waals surface area contributed by atoms with E-state index in [-0.39, 0.29) is 6.04 Å². The molecule has 0 aliphatic rings. The van der Waals surface area contributed by atoms with E-state index in [9.17, 15) is 0 Å². The number of hydrogen-bond acceptors (Lipinski definition) is 1. The van der Waals surface area contributed by atoms with Gasteiger partial charge in [-0.2, -0.15) is 0 Å². The lowest BCUT2D eigenvalue weighted by atomic mass is 10.1. The zero-order valence-electron chi connectivity index (χ0n) is 8.26. The first-order valence-corrected chi connectivity index (χ1v) is 5.04. The summed E-state index contributed by atoms with van der Waals surface area (Å²) in [6.45, 7) is 2.90. The van der Waals surface area contributed by atoms with Crippen LogP contribution >= 0.6 is 11.6 Å². The van der Waals surface area contributed by atoms with Crippen LogP contribution in [0.25, 0.3) is 0 Å². The topological polar surface area (TPSA) is 12.0 Å². The molecule has 1 aromatic rings. The molecule has 0 spiro atoms. The van der Waals surface area contributed by atoms with E-state index in [0.717, 1.165) is 23.6 Å². The average molecular weight is 208 g/mol. The van der Waals surface area contributed by atoms with Gasteiger partial charge in [-0.3, -0.25) is 0 Å². The number of rotatable bonds is 4. The van der Waals surface area contributed by atoms with Crippen molar-refractivity contribution in [3.05, 3.63) is 34.9 Å². The molecule has 2 heteroatoms. The van der Waals surface area contributed by atoms with Gasteiger partial charge in [0.05, 0.1) is 0 Å².